The molecular weight excluding hydrogens is 279 g/mol. The second-order valence-corrected chi connectivity index (χ2v) is 5.24. The fourth-order valence-corrected chi connectivity index (χ4v) is 2.01. The Hall–Kier alpha value is -0.700. The molecule has 2 rings (SSSR count). The predicted octanol–water partition coefficient (Wildman–Crippen LogP) is 4.54. The van der Waals surface area contributed by atoms with Gasteiger partial charge in [-0.1, -0.05) is 35.3 Å². The number of hydrogen-bond acceptors (Lipinski definition) is 1. The van der Waals surface area contributed by atoms with E-state index >= 15 is 0 Å². The van der Waals surface area contributed by atoms with Crippen LogP contribution < -0.4 is 0 Å². The number of alkyl halides is 1. The number of rotatable bonds is 3. The van der Waals surface area contributed by atoms with Gasteiger partial charge in [-0.3, -0.25) is 4.68 Å². The zero-order valence-corrected chi connectivity index (χ0v) is 11.5. The van der Waals surface area contributed by atoms with E-state index in [1.165, 1.54) is 0 Å². The molecule has 0 aliphatic carbocycles. The molecule has 1 aromatic heterocycles. The summed E-state index contributed by atoms with van der Waals surface area (Å²) in [6.07, 6.45) is 3.67. The van der Waals surface area contributed by atoms with E-state index in [-0.39, 0.29) is 5.38 Å². The van der Waals surface area contributed by atoms with E-state index < -0.39 is 0 Å². The number of benzene rings is 1. The van der Waals surface area contributed by atoms with E-state index in [2.05, 4.69) is 5.10 Å². The van der Waals surface area contributed by atoms with Crippen LogP contribution in [0.25, 0.3) is 0 Å². The molecule has 17 heavy (non-hydrogen) atoms. The third-order valence-corrected chi connectivity index (χ3v) is 3.59. The third-order valence-electron chi connectivity index (χ3n) is 2.48. The molecule has 0 spiro atoms. The summed E-state index contributed by atoms with van der Waals surface area (Å²) in [4.78, 5) is 0. The van der Waals surface area contributed by atoms with Crippen molar-refractivity contribution in [3.05, 3.63) is 51.8 Å². The number of halogens is 3. The summed E-state index contributed by atoms with van der Waals surface area (Å²) >= 11 is 18.0. The molecule has 0 fully saturated rings. The monoisotopic (exact) mass is 288 g/mol. The van der Waals surface area contributed by atoms with Gasteiger partial charge in [-0.25, -0.2) is 0 Å². The molecule has 2 nitrogen and oxygen atoms in total. The lowest BCUT2D eigenvalue weighted by Crippen LogP contribution is -2.00. The van der Waals surface area contributed by atoms with Crippen LogP contribution in [0.5, 0.6) is 0 Å². The van der Waals surface area contributed by atoms with E-state index in [1.807, 2.05) is 25.3 Å². The minimum atomic E-state index is -0.0430. The second-order valence-electron chi connectivity index (χ2n) is 3.80. The van der Waals surface area contributed by atoms with E-state index in [0.717, 1.165) is 11.1 Å². The summed E-state index contributed by atoms with van der Waals surface area (Å²) in [5, 5.41) is 5.32. The maximum Gasteiger partial charge on any atom is 0.0674 e. The van der Waals surface area contributed by atoms with Gasteiger partial charge in [-0.05, 0) is 18.6 Å². The van der Waals surface area contributed by atoms with Crippen molar-refractivity contribution in [3.63, 3.8) is 0 Å². The van der Waals surface area contributed by atoms with Crippen molar-refractivity contribution >= 4 is 34.8 Å². The highest BCUT2D eigenvalue weighted by molar-refractivity contribution is 6.42. The standard InChI is InChI=1S/C12H11Cl3N2/c1-8(13)10-5-16-17(7-10)6-9-3-2-4-11(14)12(9)15/h2-5,7-8H,6H2,1H3. The average Bonchev–Trinajstić information content (AvgIpc) is 2.73. The average molecular weight is 290 g/mol. The van der Waals surface area contributed by atoms with E-state index in [9.17, 15) is 0 Å². The van der Waals surface area contributed by atoms with Gasteiger partial charge in [-0.15, -0.1) is 11.6 Å². The van der Waals surface area contributed by atoms with Gasteiger partial charge in [-0.2, -0.15) is 5.10 Å². The van der Waals surface area contributed by atoms with Crippen molar-refractivity contribution < 1.29 is 0 Å². The Morgan fingerprint density at radius 3 is 2.76 bits per heavy atom. The number of hydrogen-bond donors (Lipinski definition) is 0. The highest BCUT2D eigenvalue weighted by atomic mass is 35.5. The van der Waals surface area contributed by atoms with Crippen LogP contribution in [0.3, 0.4) is 0 Å². The van der Waals surface area contributed by atoms with Crippen LogP contribution in [-0.4, -0.2) is 9.78 Å². The Balaban J connectivity index is 2.22. The van der Waals surface area contributed by atoms with E-state index in [1.54, 1.807) is 16.9 Å². The van der Waals surface area contributed by atoms with Crippen molar-refractivity contribution in [1.29, 1.82) is 0 Å². The summed E-state index contributed by atoms with van der Waals surface area (Å²) in [5.74, 6) is 0. The van der Waals surface area contributed by atoms with Crippen LogP contribution in [-0.2, 0) is 6.54 Å². The van der Waals surface area contributed by atoms with Gasteiger partial charge < -0.3 is 0 Å². The van der Waals surface area contributed by atoms with E-state index in [0.29, 0.717) is 16.6 Å². The summed E-state index contributed by atoms with van der Waals surface area (Å²) < 4.78 is 1.80. The van der Waals surface area contributed by atoms with Gasteiger partial charge in [0.2, 0.25) is 0 Å². The van der Waals surface area contributed by atoms with Gasteiger partial charge in [0.15, 0.2) is 0 Å². The molecule has 0 radical (unpaired) electrons. The van der Waals surface area contributed by atoms with Crippen molar-refractivity contribution in [2.45, 2.75) is 18.8 Å². The summed E-state index contributed by atoms with van der Waals surface area (Å²) in [5.41, 5.74) is 1.93. The van der Waals surface area contributed by atoms with Crippen LogP contribution in [0, 0.1) is 0 Å². The maximum absolute atomic E-state index is 6.11. The first kappa shape index (κ1) is 12.7. The molecule has 2 aromatic rings. The molecule has 0 saturated heterocycles. The number of nitrogens with zero attached hydrogens (tertiary/aromatic N) is 2. The first-order valence-electron chi connectivity index (χ1n) is 5.17. The summed E-state index contributed by atoms with van der Waals surface area (Å²) in [7, 11) is 0. The van der Waals surface area contributed by atoms with Gasteiger partial charge in [0, 0.05) is 11.8 Å². The fourth-order valence-electron chi connectivity index (χ4n) is 1.52. The molecule has 1 unspecified atom stereocenters. The molecule has 0 N–H and O–H groups in total. The smallest absolute Gasteiger partial charge is 0.0674 e. The zero-order chi connectivity index (χ0) is 12.4. The highest BCUT2D eigenvalue weighted by Crippen LogP contribution is 2.26. The first-order valence-corrected chi connectivity index (χ1v) is 6.36. The Morgan fingerprint density at radius 2 is 2.12 bits per heavy atom. The fraction of sp³-hybridized carbons (Fsp3) is 0.250. The molecule has 0 saturated carbocycles. The Kier molecular flexibility index (Phi) is 3.97. The highest BCUT2D eigenvalue weighted by Gasteiger charge is 2.08. The lowest BCUT2D eigenvalue weighted by molar-refractivity contribution is 0.686. The van der Waals surface area contributed by atoms with Gasteiger partial charge >= 0.3 is 0 Å². The van der Waals surface area contributed by atoms with Crippen molar-refractivity contribution in [2.24, 2.45) is 0 Å². The van der Waals surface area contributed by atoms with Crippen LogP contribution in [0.2, 0.25) is 10.0 Å². The van der Waals surface area contributed by atoms with Crippen molar-refractivity contribution in [1.82, 2.24) is 9.78 Å². The predicted molar refractivity (Wildman–Crippen MR) is 72.1 cm³/mol. The summed E-state index contributed by atoms with van der Waals surface area (Å²) in [6, 6.07) is 5.57. The van der Waals surface area contributed by atoms with Crippen molar-refractivity contribution in [2.75, 3.05) is 0 Å². The second kappa shape index (κ2) is 5.30. The topological polar surface area (TPSA) is 17.8 Å². The quantitative estimate of drug-likeness (QED) is 0.759. The maximum atomic E-state index is 6.11. The molecular formula is C12H11Cl3N2. The minimum absolute atomic E-state index is 0.0430. The van der Waals surface area contributed by atoms with Crippen LogP contribution in [0.4, 0.5) is 0 Å². The van der Waals surface area contributed by atoms with Crippen LogP contribution in [0.15, 0.2) is 30.6 Å². The summed E-state index contributed by atoms with van der Waals surface area (Å²) in [6.45, 7) is 2.50. The molecule has 0 bridgehead atoms. The normalized spacial score (nSPS) is 12.7. The Labute approximate surface area is 115 Å². The molecule has 90 valence electrons. The molecule has 1 heterocycles. The van der Waals surface area contributed by atoms with Gasteiger partial charge in [0.25, 0.3) is 0 Å². The Morgan fingerprint density at radius 1 is 1.35 bits per heavy atom. The largest absolute Gasteiger partial charge is 0.268 e. The van der Waals surface area contributed by atoms with Gasteiger partial charge in [0.05, 0.1) is 28.2 Å². The van der Waals surface area contributed by atoms with E-state index in [4.69, 9.17) is 34.8 Å². The van der Waals surface area contributed by atoms with Gasteiger partial charge in [0.1, 0.15) is 0 Å². The molecule has 0 aliphatic rings. The van der Waals surface area contributed by atoms with Crippen molar-refractivity contribution in [3.8, 4) is 0 Å². The molecule has 0 aliphatic heterocycles. The third kappa shape index (κ3) is 2.95. The SMILES string of the molecule is CC(Cl)c1cnn(Cc2cccc(Cl)c2Cl)c1. The lowest BCUT2D eigenvalue weighted by Gasteiger charge is -2.05. The first-order chi connectivity index (χ1) is 8.08. The molecule has 1 aromatic carbocycles. The molecule has 5 heteroatoms. The zero-order valence-electron chi connectivity index (χ0n) is 9.20. The van der Waals surface area contributed by atoms with Crippen LogP contribution >= 0.6 is 34.8 Å². The minimum Gasteiger partial charge on any atom is -0.268 e. The lowest BCUT2D eigenvalue weighted by atomic mass is 10.2. The molecule has 1 atom stereocenters. The molecule has 0 amide bonds. The van der Waals surface area contributed by atoms with Crippen LogP contribution in [0.1, 0.15) is 23.4 Å². The Bertz CT molecular complexity index is 520. The number of aromatic nitrogens is 2.